The third-order valence-corrected chi connectivity index (χ3v) is 6.79. The maximum atomic E-state index is 12.9. The van der Waals surface area contributed by atoms with Gasteiger partial charge in [-0.05, 0) is 68.1 Å². The number of carbonyl (C=O) groups is 2. The van der Waals surface area contributed by atoms with E-state index in [2.05, 4.69) is 42.3 Å². The van der Waals surface area contributed by atoms with E-state index in [0.29, 0.717) is 24.4 Å². The zero-order valence-corrected chi connectivity index (χ0v) is 19.4. The Morgan fingerprint density at radius 1 is 1.22 bits per heavy atom. The molecular weight excluding hydrogens is 422 g/mol. The lowest BCUT2D eigenvalue weighted by Crippen LogP contribution is -2.40. The molecule has 3 aromatic rings. The number of rotatable bonds is 7. The number of nitrogens with zero attached hydrogens (tertiary/aromatic N) is 2. The van der Waals surface area contributed by atoms with Crippen molar-refractivity contribution < 1.29 is 14.3 Å². The van der Waals surface area contributed by atoms with Gasteiger partial charge in [-0.15, -0.1) is 0 Å². The minimum Gasteiger partial charge on any atom is -0.462 e. The number of amides is 1. The van der Waals surface area contributed by atoms with Crippen molar-refractivity contribution in [1.82, 2.24) is 4.98 Å². The van der Waals surface area contributed by atoms with Crippen LogP contribution in [0.1, 0.15) is 48.5 Å². The number of esters is 1. The first-order chi connectivity index (χ1) is 15.5. The number of nitrogens with one attached hydrogen (secondary N) is 1. The van der Waals surface area contributed by atoms with Crippen molar-refractivity contribution in [2.45, 2.75) is 39.5 Å². The van der Waals surface area contributed by atoms with Gasteiger partial charge in [-0.2, -0.15) is 0 Å². The molecule has 0 bridgehead atoms. The van der Waals surface area contributed by atoms with E-state index < -0.39 is 0 Å². The van der Waals surface area contributed by atoms with Gasteiger partial charge in [0, 0.05) is 18.8 Å². The molecule has 0 saturated carbocycles. The van der Waals surface area contributed by atoms with Gasteiger partial charge in [-0.25, -0.2) is 9.78 Å². The van der Waals surface area contributed by atoms with Crippen molar-refractivity contribution in [3.05, 3.63) is 53.6 Å². The molecule has 0 aliphatic carbocycles. The SMILES string of the molecule is CCCCOC(=O)c1ccc(NC(=O)C2CCCN(c3nc4ccc(C)cc4s3)C2)cc1. The highest BCUT2D eigenvalue weighted by atomic mass is 32.1. The van der Waals surface area contributed by atoms with Crippen LogP contribution in [0.15, 0.2) is 42.5 Å². The van der Waals surface area contributed by atoms with E-state index in [0.717, 1.165) is 42.9 Å². The monoisotopic (exact) mass is 451 g/mol. The van der Waals surface area contributed by atoms with Crippen molar-refractivity contribution >= 4 is 44.2 Å². The predicted molar refractivity (Wildman–Crippen MR) is 130 cm³/mol. The fourth-order valence-corrected chi connectivity index (χ4v) is 4.95. The van der Waals surface area contributed by atoms with E-state index in [4.69, 9.17) is 9.72 Å². The van der Waals surface area contributed by atoms with Gasteiger partial charge in [-0.1, -0.05) is 30.7 Å². The van der Waals surface area contributed by atoms with Crippen LogP contribution in [0, 0.1) is 12.8 Å². The molecule has 32 heavy (non-hydrogen) atoms. The highest BCUT2D eigenvalue weighted by Gasteiger charge is 2.27. The third kappa shape index (κ3) is 5.27. The summed E-state index contributed by atoms with van der Waals surface area (Å²) in [5, 5.41) is 3.98. The molecule has 1 saturated heterocycles. The third-order valence-electron chi connectivity index (χ3n) is 5.71. The summed E-state index contributed by atoms with van der Waals surface area (Å²) in [7, 11) is 0. The van der Waals surface area contributed by atoms with E-state index in [1.54, 1.807) is 35.6 Å². The van der Waals surface area contributed by atoms with Gasteiger partial charge in [0.25, 0.3) is 0 Å². The lowest BCUT2D eigenvalue weighted by molar-refractivity contribution is -0.120. The molecule has 1 amide bonds. The van der Waals surface area contributed by atoms with Gasteiger partial charge in [0.1, 0.15) is 0 Å². The smallest absolute Gasteiger partial charge is 0.338 e. The predicted octanol–water partition coefficient (Wildman–Crippen LogP) is 5.42. The molecule has 168 valence electrons. The normalized spacial score (nSPS) is 16.2. The van der Waals surface area contributed by atoms with Crippen LogP contribution in [0.4, 0.5) is 10.8 Å². The Bertz CT molecular complexity index is 1090. The van der Waals surface area contributed by atoms with Gasteiger partial charge in [-0.3, -0.25) is 4.79 Å². The number of ether oxygens (including phenoxy) is 1. The molecule has 0 radical (unpaired) electrons. The van der Waals surface area contributed by atoms with E-state index in [1.807, 2.05) is 0 Å². The summed E-state index contributed by atoms with van der Waals surface area (Å²) in [5.41, 5.74) is 3.42. The molecule has 7 heteroatoms. The second-order valence-corrected chi connectivity index (χ2v) is 9.32. The number of carbonyl (C=O) groups excluding carboxylic acids is 2. The molecule has 1 atom stereocenters. The molecule has 1 aliphatic heterocycles. The lowest BCUT2D eigenvalue weighted by atomic mass is 9.97. The number of aryl methyl sites for hydroxylation is 1. The Labute approximate surface area is 192 Å². The number of hydrogen-bond acceptors (Lipinski definition) is 6. The van der Waals surface area contributed by atoms with E-state index >= 15 is 0 Å². The molecule has 2 aromatic carbocycles. The van der Waals surface area contributed by atoms with Gasteiger partial charge in [0.2, 0.25) is 5.91 Å². The summed E-state index contributed by atoms with van der Waals surface area (Å²) in [6.07, 6.45) is 3.65. The topological polar surface area (TPSA) is 71.5 Å². The molecular formula is C25H29N3O3S. The van der Waals surface area contributed by atoms with Crippen LogP contribution in [0.3, 0.4) is 0 Å². The number of anilines is 2. The zero-order valence-electron chi connectivity index (χ0n) is 18.6. The number of fused-ring (bicyclic) bond motifs is 1. The van der Waals surface area contributed by atoms with E-state index in [9.17, 15) is 9.59 Å². The maximum absolute atomic E-state index is 12.9. The fraction of sp³-hybridized carbons (Fsp3) is 0.400. The molecule has 6 nitrogen and oxygen atoms in total. The van der Waals surface area contributed by atoms with Crippen LogP contribution in [0.5, 0.6) is 0 Å². The minimum absolute atomic E-state index is 0.00456. The van der Waals surface area contributed by atoms with Crippen LogP contribution in [0.25, 0.3) is 10.2 Å². The molecule has 4 rings (SSSR count). The van der Waals surface area contributed by atoms with Crippen LogP contribution in [-0.4, -0.2) is 36.6 Å². The van der Waals surface area contributed by atoms with Crippen LogP contribution < -0.4 is 10.2 Å². The average molecular weight is 452 g/mol. The summed E-state index contributed by atoms with van der Waals surface area (Å²) in [6.45, 7) is 6.14. The molecule has 1 N–H and O–H groups in total. The molecule has 0 spiro atoms. The second kappa shape index (κ2) is 10.1. The number of unbranched alkanes of at least 4 members (excludes halogenated alkanes) is 1. The standard InChI is InChI=1S/C25H29N3O3S/c1-3-4-14-31-24(30)18-8-10-20(11-9-18)26-23(29)19-6-5-13-28(16-19)25-27-21-12-7-17(2)15-22(21)32-25/h7-12,15,19H,3-6,13-14,16H2,1-2H3,(H,26,29). The Hall–Kier alpha value is -2.93. The van der Waals surface area contributed by atoms with Crippen molar-refractivity contribution in [3.63, 3.8) is 0 Å². The first-order valence-electron chi connectivity index (χ1n) is 11.2. The van der Waals surface area contributed by atoms with Crippen molar-refractivity contribution in [1.29, 1.82) is 0 Å². The summed E-state index contributed by atoms with van der Waals surface area (Å²) in [6, 6.07) is 13.2. The molecule has 2 heterocycles. The van der Waals surface area contributed by atoms with Gasteiger partial charge >= 0.3 is 5.97 Å². The fourth-order valence-electron chi connectivity index (χ4n) is 3.85. The first-order valence-corrected chi connectivity index (χ1v) is 12.1. The number of aromatic nitrogens is 1. The zero-order chi connectivity index (χ0) is 22.5. The summed E-state index contributed by atoms with van der Waals surface area (Å²) in [4.78, 5) is 31.9. The maximum Gasteiger partial charge on any atom is 0.338 e. The second-order valence-electron chi connectivity index (χ2n) is 8.31. The van der Waals surface area contributed by atoms with Crippen molar-refractivity contribution in [2.24, 2.45) is 5.92 Å². The molecule has 1 unspecified atom stereocenters. The van der Waals surface area contributed by atoms with Crippen molar-refractivity contribution in [2.75, 3.05) is 29.9 Å². The van der Waals surface area contributed by atoms with Gasteiger partial charge < -0.3 is 15.0 Å². The van der Waals surface area contributed by atoms with Crippen LogP contribution in [0.2, 0.25) is 0 Å². The minimum atomic E-state index is -0.328. The average Bonchev–Trinajstić information content (AvgIpc) is 3.23. The number of thiazole rings is 1. The van der Waals surface area contributed by atoms with Crippen LogP contribution in [-0.2, 0) is 9.53 Å². The highest BCUT2D eigenvalue weighted by molar-refractivity contribution is 7.22. The number of hydrogen-bond donors (Lipinski definition) is 1. The summed E-state index contributed by atoms with van der Waals surface area (Å²) >= 11 is 1.69. The van der Waals surface area contributed by atoms with Gasteiger partial charge in [0.15, 0.2) is 5.13 Å². The summed E-state index contributed by atoms with van der Waals surface area (Å²) < 4.78 is 6.41. The summed E-state index contributed by atoms with van der Waals surface area (Å²) in [5.74, 6) is -0.425. The van der Waals surface area contributed by atoms with Crippen molar-refractivity contribution in [3.8, 4) is 0 Å². The Morgan fingerprint density at radius 3 is 2.81 bits per heavy atom. The highest BCUT2D eigenvalue weighted by Crippen LogP contribution is 2.32. The van der Waals surface area contributed by atoms with E-state index in [-0.39, 0.29) is 17.8 Å². The Balaban J connectivity index is 1.36. The first kappa shape index (κ1) is 22.3. The molecule has 1 aromatic heterocycles. The molecule has 1 aliphatic rings. The van der Waals surface area contributed by atoms with Crippen LogP contribution >= 0.6 is 11.3 Å². The van der Waals surface area contributed by atoms with E-state index in [1.165, 1.54) is 10.3 Å². The largest absolute Gasteiger partial charge is 0.462 e. The quantitative estimate of drug-likeness (QED) is 0.384. The number of piperidine rings is 1. The Morgan fingerprint density at radius 2 is 2.03 bits per heavy atom. The van der Waals surface area contributed by atoms with Gasteiger partial charge in [0.05, 0.1) is 28.3 Å². The lowest BCUT2D eigenvalue weighted by Gasteiger charge is -2.31. The molecule has 1 fully saturated rings. The Kier molecular flexibility index (Phi) is 7.05. The number of benzene rings is 2.